The van der Waals surface area contributed by atoms with Gasteiger partial charge in [-0.1, -0.05) is 30.3 Å². The molecule has 5 nitrogen and oxygen atoms in total. The summed E-state index contributed by atoms with van der Waals surface area (Å²) in [6.45, 7) is 0.887. The molecule has 0 fully saturated rings. The molecule has 0 aliphatic heterocycles. The van der Waals surface area contributed by atoms with Gasteiger partial charge in [0.25, 0.3) is 5.91 Å². The number of nitrogens with one attached hydrogen (secondary N) is 1. The van der Waals surface area contributed by atoms with Gasteiger partial charge in [-0.15, -0.1) is 11.3 Å². The molecule has 0 unspecified atom stereocenters. The number of hydrogen-bond acceptors (Lipinski definition) is 5. The fourth-order valence-corrected chi connectivity index (χ4v) is 7.56. The lowest BCUT2D eigenvalue weighted by Crippen LogP contribution is -2.23. The fourth-order valence-electron chi connectivity index (χ4n) is 4.20. The predicted molar refractivity (Wildman–Crippen MR) is 161 cm³/mol. The van der Waals surface area contributed by atoms with Crippen molar-refractivity contribution in [1.29, 1.82) is 0 Å². The van der Waals surface area contributed by atoms with Gasteiger partial charge in [0, 0.05) is 11.1 Å². The summed E-state index contributed by atoms with van der Waals surface area (Å²) in [7, 11) is 0. The molecule has 0 atom stereocenters. The lowest BCUT2D eigenvalue weighted by atomic mass is 9.95. The number of thiophene rings is 1. The molecule has 4 aromatic rings. The van der Waals surface area contributed by atoms with Crippen LogP contribution < -0.4 is 10.1 Å². The van der Waals surface area contributed by atoms with E-state index in [4.69, 9.17) is 14.1 Å². The van der Waals surface area contributed by atoms with E-state index < -0.39 is 0 Å². The van der Waals surface area contributed by atoms with Crippen molar-refractivity contribution in [1.82, 2.24) is 5.32 Å². The van der Waals surface area contributed by atoms with Gasteiger partial charge in [0.15, 0.2) is 0 Å². The number of halogens is 2. The molecule has 0 bridgehead atoms. The summed E-state index contributed by atoms with van der Waals surface area (Å²) in [5.74, 6) is 1.52. The van der Waals surface area contributed by atoms with E-state index in [1.807, 2.05) is 36.5 Å². The third-order valence-corrected chi connectivity index (χ3v) is 8.76. The van der Waals surface area contributed by atoms with Gasteiger partial charge >= 0.3 is 0 Å². The quantitative estimate of drug-likeness (QED) is 0.150. The highest BCUT2D eigenvalue weighted by molar-refractivity contribution is 14.1. The fraction of sp³-hybridized carbons (Fsp3) is 0.214. The number of hydrogen-bond donors (Lipinski definition) is 1. The maximum Gasteiger partial charge on any atom is 0.255 e. The molecule has 5 rings (SSSR count). The number of ether oxygens (including phenoxy) is 1. The molecule has 1 aliphatic carbocycles. The Morgan fingerprint density at radius 1 is 1.08 bits per heavy atom. The number of aryl methyl sites for hydroxylation is 1. The van der Waals surface area contributed by atoms with Crippen molar-refractivity contribution >= 4 is 73.6 Å². The Bertz CT molecular complexity index is 1360. The molecule has 36 heavy (non-hydrogen) atoms. The Morgan fingerprint density at radius 3 is 2.61 bits per heavy atom. The molecule has 2 heterocycles. The Kier molecular flexibility index (Phi) is 8.43. The minimum absolute atomic E-state index is 0.0910. The van der Waals surface area contributed by atoms with Gasteiger partial charge in [0.05, 0.1) is 25.5 Å². The monoisotopic (exact) mass is 722 g/mol. The molecule has 1 N–H and O–H groups in total. The highest BCUT2D eigenvalue weighted by atomic mass is 127. The molecular weight excluding hydrogens is 698 g/mol. The first-order valence-corrected chi connectivity index (χ1v) is 14.7. The van der Waals surface area contributed by atoms with Gasteiger partial charge in [0.1, 0.15) is 23.1 Å². The summed E-state index contributed by atoms with van der Waals surface area (Å²) in [4.78, 5) is 19.3. The summed E-state index contributed by atoms with van der Waals surface area (Å²) in [6, 6.07) is 18.0. The zero-order chi connectivity index (χ0) is 24.9. The van der Waals surface area contributed by atoms with E-state index >= 15 is 0 Å². The SMILES string of the molecule is O=C(NCc1ccco1)c1c(/N=C\c2cc(I)c(OCc3ccccc3)c(I)c2)sc2c1CCCC2. The number of carbonyl (C=O) groups is 1. The second-order valence-electron chi connectivity index (χ2n) is 8.50. The van der Waals surface area contributed by atoms with Gasteiger partial charge in [-0.3, -0.25) is 4.79 Å². The maximum absolute atomic E-state index is 13.2. The minimum atomic E-state index is -0.0910. The van der Waals surface area contributed by atoms with E-state index in [-0.39, 0.29) is 5.91 Å². The number of amides is 1. The standard InChI is InChI=1S/C28H24I2N2O3S/c29-22-13-19(14-23(30)26(22)35-17-18-7-2-1-3-8-18)15-32-28-25(21-10-4-5-11-24(21)36-28)27(33)31-16-20-9-6-12-34-20/h1-3,6-9,12-15H,4-5,10-11,16-17H2,(H,31,33)/b32-15-. The second kappa shape index (κ2) is 11.9. The van der Waals surface area contributed by atoms with E-state index in [2.05, 4.69) is 74.8 Å². The van der Waals surface area contributed by atoms with Crippen LogP contribution in [0.25, 0.3) is 0 Å². The first kappa shape index (κ1) is 25.5. The number of benzene rings is 2. The van der Waals surface area contributed by atoms with Crippen LogP contribution in [0.15, 0.2) is 70.3 Å². The van der Waals surface area contributed by atoms with E-state index in [0.29, 0.717) is 18.7 Å². The third kappa shape index (κ3) is 6.03. The number of fused-ring (bicyclic) bond motifs is 1. The van der Waals surface area contributed by atoms with E-state index in [0.717, 1.165) is 66.0 Å². The average molecular weight is 722 g/mol. The van der Waals surface area contributed by atoms with Gasteiger partial charge in [-0.25, -0.2) is 4.99 Å². The van der Waals surface area contributed by atoms with Gasteiger partial charge in [0.2, 0.25) is 0 Å². The van der Waals surface area contributed by atoms with Crippen molar-refractivity contribution in [2.45, 2.75) is 38.8 Å². The van der Waals surface area contributed by atoms with Crippen LogP contribution in [0, 0.1) is 7.14 Å². The van der Waals surface area contributed by atoms with Crippen LogP contribution in [-0.2, 0) is 26.0 Å². The van der Waals surface area contributed by atoms with Crippen molar-refractivity contribution < 1.29 is 13.9 Å². The molecule has 0 saturated heterocycles. The van der Waals surface area contributed by atoms with Crippen LogP contribution in [0.4, 0.5) is 5.00 Å². The second-order valence-corrected chi connectivity index (χ2v) is 11.9. The minimum Gasteiger partial charge on any atom is -0.487 e. The first-order valence-electron chi connectivity index (χ1n) is 11.7. The third-order valence-electron chi connectivity index (χ3n) is 5.96. The molecule has 184 valence electrons. The molecule has 0 spiro atoms. The van der Waals surface area contributed by atoms with Gasteiger partial charge in [-0.05, 0) is 112 Å². The van der Waals surface area contributed by atoms with Crippen LogP contribution in [-0.4, -0.2) is 12.1 Å². The summed E-state index contributed by atoms with van der Waals surface area (Å²) in [6.07, 6.45) is 7.67. The summed E-state index contributed by atoms with van der Waals surface area (Å²) >= 11 is 6.26. The smallest absolute Gasteiger partial charge is 0.255 e. The van der Waals surface area contributed by atoms with Gasteiger partial charge in [-0.2, -0.15) is 0 Å². The van der Waals surface area contributed by atoms with Crippen LogP contribution in [0.2, 0.25) is 0 Å². The Morgan fingerprint density at radius 2 is 1.86 bits per heavy atom. The average Bonchev–Trinajstić information content (AvgIpc) is 3.54. The van der Waals surface area contributed by atoms with Crippen molar-refractivity contribution in [2.24, 2.45) is 4.99 Å². The Balaban J connectivity index is 1.36. The van der Waals surface area contributed by atoms with Crippen molar-refractivity contribution in [3.63, 3.8) is 0 Å². The first-order chi connectivity index (χ1) is 17.6. The van der Waals surface area contributed by atoms with E-state index in [1.54, 1.807) is 17.6 Å². The van der Waals surface area contributed by atoms with E-state index in [1.165, 1.54) is 4.88 Å². The Hall–Kier alpha value is -2.18. The largest absolute Gasteiger partial charge is 0.487 e. The molecule has 0 saturated carbocycles. The van der Waals surface area contributed by atoms with Crippen molar-refractivity contribution in [2.75, 3.05) is 0 Å². The summed E-state index contributed by atoms with van der Waals surface area (Å²) in [5, 5.41) is 3.78. The van der Waals surface area contributed by atoms with Crippen LogP contribution in [0.1, 0.15) is 50.5 Å². The summed E-state index contributed by atoms with van der Waals surface area (Å²) < 4.78 is 13.5. The molecule has 0 radical (unpaired) electrons. The van der Waals surface area contributed by atoms with Crippen LogP contribution >= 0.6 is 56.5 Å². The van der Waals surface area contributed by atoms with Gasteiger partial charge < -0.3 is 14.5 Å². The highest BCUT2D eigenvalue weighted by Crippen LogP contribution is 2.40. The number of furan rings is 1. The topological polar surface area (TPSA) is 63.8 Å². The number of rotatable bonds is 8. The zero-order valence-electron chi connectivity index (χ0n) is 19.4. The molecule has 2 aromatic carbocycles. The molecule has 1 amide bonds. The van der Waals surface area contributed by atoms with E-state index in [9.17, 15) is 4.79 Å². The summed E-state index contributed by atoms with van der Waals surface area (Å²) in [5.41, 5.74) is 3.98. The highest BCUT2D eigenvalue weighted by Gasteiger charge is 2.25. The normalized spacial score (nSPS) is 13.1. The van der Waals surface area contributed by atoms with Crippen molar-refractivity contribution in [3.05, 3.63) is 101 Å². The molecule has 1 aliphatic rings. The van der Waals surface area contributed by atoms with Crippen LogP contribution in [0.3, 0.4) is 0 Å². The molecule has 2 aromatic heterocycles. The molecular formula is C28H24I2N2O3S. The number of carbonyl (C=O) groups excluding carboxylic acids is 1. The number of aliphatic imine (C=N–C) groups is 1. The maximum atomic E-state index is 13.2. The predicted octanol–water partition coefficient (Wildman–Crippen LogP) is 7.69. The van der Waals surface area contributed by atoms with Crippen LogP contribution in [0.5, 0.6) is 5.75 Å². The lowest BCUT2D eigenvalue weighted by molar-refractivity contribution is 0.0948. The lowest BCUT2D eigenvalue weighted by Gasteiger charge is -2.12. The Labute approximate surface area is 241 Å². The zero-order valence-corrected chi connectivity index (χ0v) is 24.6. The molecule has 8 heteroatoms. The number of nitrogens with zero attached hydrogens (tertiary/aromatic N) is 1. The van der Waals surface area contributed by atoms with Crippen molar-refractivity contribution in [3.8, 4) is 5.75 Å².